The Kier molecular flexibility index (Phi) is 5.81. The highest BCUT2D eigenvalue weighted by molar-refractivity contribution is 14.1. The van der Waals surface area contributed by atoms with Gasteiger partial charge in [0.2, 0.25) is 0 Å². The minimum absolute atomic E-state index is 0.181. The largest absolute Gasteiger partial charge is 0.322 e. The lowest BCUT2D eigenvalue weighted by atomic mass is 10.1. The lowest BCUT2D eigenvalue weighted by molar-refractivity contribution is 0.102. The summed E-state index contributed by atoms with van der Waals surface area (Å²) in [5.74, 6) is -0.253. The molecule has 27 heavy (non-hydrogen) atoms. The quantitative estimate of drug-likeness (QED) is 0.510. The van der Waals surface area contributed by atoms with Crippen LogP contribution in [0.4, 0.5) is 11.4 Å². The number of halogens is 1. The van der Waals surface area contributed by atoms with E-state index in [1.807, 2.05) is 25.1 Å². The van der Waals surface area contributed by atoms with Crippen LogP contribution in [0.2, 0.25) is 0 Å². The van der Waals surface area contributed by atoms with E-state index in [0.717, 1.165) is 14.8 Å². The first-order valence-electron chi connectivity index (χ1n) is 8.10. The van der Waals surface area contributed by atoms with E-state index in [0.29, 0.717) is 11.3 Å². The molecule has 0 spiro atoms. The number of benzene rings is 3. The molecule has 0 saturated heterocycles. The van der Waals surface area contributed by atoms with Crippen molar-refractivity contribution < 1.29 is 13.2 Å². The molecule has 0 saturated carbocycles. The van der Waals surface area contributed by atoms with Crippen LogP contribution in [0.25, 0.3) is 0 Å². The Morgan fingerprint density at radius 2 is 1.59 bits per heavy atom. The van der Waals surface area contributed by atoms with Crippen LogP contribution in [0.15, 0.2) is 77.7 Å². The number of sulfonamides is 1. The van der Waals surface area contributed by atoms with Crippen molar-refractivity contribution in [3.05, 3.63) is 87.5 Å². The summed E-state index contributed by atoms with van der Waals surface area (Å²) in [5.41, 5.74) is 2.55. The van der Waals surface area contributed by atoms with E-state index in [-0.39, 0.29) is 10.8 Å². The second kappa shape index (κ2) is 8.10. The van der Waals surface area contributed by atoms with Crippen molar-refractivity contribution in [1.82, 2.24) is 0 Å². The second-order valence-corrected chi connectivity index (χ2v) is 8.84. The molecule has 3 rings (SSSR count). The molecule has 0 aliphatic carbocycles. The van der Waals surface area contributed by atoms with Crippen LogP contribution in [0.3, 0.4) is 0 Å². The minimum atomic E-state index is -3.66. The first-order valence-corrected chi connectivity index (χ1v) is 10.7. The summed E-state index contributed by atoms with van der Waals surface area (Å²) < 4.78 is 28.3. The van der Waals surface area contributed by atoms with Crippen LogP contribution in [-0.4, -0.2) is 14.3 Å². The summed E-state index contributed by atoms with van der Waals surface area (Å²) in [4.78, 5) is 12.6. The molecule has 0 radical (unpaired) electrons. The highest BCUT2D eigenvalue weighted by atomic mass is 127. The minimum Gasteiger partial charge on any atom is -0.322 e. The standard InChI is InChI=1S/C20H17IN2O3S/c1-14-13-16(21)9-12-19(14)22-20(24)15-7-10-17(11-8-15)23-27(25,26)18-5-3-2-4-6-18/h2-13,23H,1H3,(H,22,24). The van der Waals surface area contributed by atoms with Gasteiger partial charge in [-0.3, -0.25) is 9.52 Å². The van der Waals surface area contributed by atoms with Crippen LogP contribution >= 0.6 is 22.6 Å². The molecular formula is C20H17IN2O3S. The van der Waals surface area contributed by atoms with E-state index in [2.05, 4.69) is 32.6 Å². The summed E-state index contributed by atoms with van der Waals surface area (Å²) in [6.45, 7) is 1.93. The second-order valence-electron chi connectivity index (χ2n) is 5.91. The maximum Gasteiger partial charge on any atom is 0.261 e. The Hall–Kier alpha value is -2.39. The third-order valence-electron chi connectivity index (χ3n) is 3.89. The fraction of sp³-hybridized carbons (Fsp3) is 0.0500. The van der Waals surface area contributed by atoms with Gasteiger partial charge in [0.1, 0.15) is 0 Å². The van der Waals surface area contributed by atoms with Gasteiger partial charge in [-0.05, 0) is 89.7 Å². The van der Waals surface area contributed by atoms with Crippen molar-refractivity contribution in [2.24, 2.45) is 0 Å². The first-order chi connectivity index (χ1) is 12.8. The van der Waals surface area contributed by atoms with Crippen molar-refractivity contribution in [2.45, 2.75) is 11.8 Å². The predicted octanol–water partition coefficient (Wildman–Crippen LogP) is 4.65. The van der Waals surface area contributed by atoms with E-state index in [1.165, 1.54) is 12.1 Å². The smallest absolute Gasteiger partial charge is 0.261 e. The topological polar surface area (TPSA) is 75.3 Å². The molecule has 7 heteroatoms. The number of rotatable bonds is 5. The maximum atomic E-state index is 12.4. The van der Waals surface area contributed by atoms with Gasteiger partial charge in [0.25, 0.3) is 15.9 Å². The highest BCUT2D eigenvalue weighted by Crippen LogP contribution is 2.20. The first kappa shape index (κ1) is 19.4. The van der Waals surface area contributed by atoms with Crippen molar-refractivity contribution in [2.75, 3.05) is 10.0 Å². The molecule has 0 heterocycles. The molecule has 0 aromatic heterocycles. The Morgan fingerprint density at radius 3 is 2.22 bits per heavy atom. The molecule has 5 nitrogen and oxygen atoms in total. The van der Waals surface area contributed by atoms with Crippen molar-refractivity contribution in [1.29, 1.82) is 0 Å². The molecule has 0 atom stereocenters. The van der Waals surface area contributed by atoms with Gasteiger partial charge in [-0.25, -0.2) is 8.42 Å². The number of carbonyl (C=O) groups excluding carboxylic acids is 1. The van der Waals surface area contributed by atoms with Gasteiger partial charge in [0, 0.05) is 20.5 Å². The molecule has 0 bridgehead atoms. The van der Waals surface area contributed by atoms with Gasteiger partial charge in [-0.1, -0.05) is 18.2 Å². The summed E-state index contributed by atoms with van der Waals surface area (Å²) in [5, 5.41) is 2.87. The molecule has 3 aromatic carbocycles. The molecule has 0 aliphatic rings. The number of amides is 1. The molecule has 138 valence electrons. The van der Waals surface area contributed by atoms with Crippen LogP contribution in [-0.2, 0) is 10.0 Å². The normalized spacial score (nSPS) is 11.0. The van der Waals surface area contributed by atoms with E-state index >= 15 is 0 Å². The maximum absolute atomic E-state index is 12.4. The number of hydrogen-bond acceptors (Lipinski definition) is 3. The Labute approximate surface area is 172 Å². The molecule has 0 unspecified atom stereocenters. The third-order valence-corrected chi connectivity index (χ3v) is 5.96. The fourth-order valence-electron chi connectivity index (χ4n) is 2.47. The molecule has 1 amide bonds. The Balaban J connectivity index is 1.72. The van der Waals surface area contributed by atoms with Gasteiger partial charge in [0.05, 0.1) is 4.90 Å². The zero-order valence-electron chi connectivity index (χ0n) is 14.4. The van der Waals surface area contributed by atoms with Crippen molar-refractivity contribution >= 4 is 49.9 Å². The molecule has 0 aliphatic heterocycles. The zero-order chi connectivity index (χ0) is 19.4. The lowest BCUT2D eigenvalue weighted by Crippen LogP contribution is -2.14. The van der Waals surface area contributed by atoms with Gasteiger partial charge in [-0.15, -0.1) is 0 Å². The third kappa shape index (κ3) is 4.86. The van der Waals surface area contributed by atoms with Crippen LogP contribution in [0, 0.1) is 10.5 Å². The van der Waals surface area contributed by atoms with Crippen LogP contribution < -0.4 is 10.0 Å². The summed E-state index contributed by atoms with van der Waals surface area (Å²) >= 11 is 2.22. The number of nitrogens with one attached hydrogen (secondary N) is 2. The van der Waals surface area contributed by atoms with Crippen LogP contribution in [0.5, 0.6) is 0 Å². The van der Waals surface area contributed by atoms with Gasteiger partial charge < -0.3 is 5.32 Å². The van der Waals surface area contributed by atoms with E-state index in [4.69, 9.17) is 0 Å². The molecule has 2 N–H and O–H groups in total. The van der Waals surface area contributed by atoms with E-state index in [9.17, 15) is 13.2 Å². The van der Waals surface area contributed by atoms with Gasteiger partial charge >= 0.3 is 0 Å². The van der Waals surface area contributed by atoms with Crippen molar-refractivity contribution in [3.8, 4) is 0 Å². The molecular weight excluding hydrogens is 475 g/mol. The average Bonchev–Trinajstić information content (AvgIpc) is 2.65. The summed E-state index contributed by atoms with van der Waals surface area (Å²) in [6, 6.07) is 20.2. The van der Waals surface area contributed by atoms with Crippen molar-refractivity contribution in [3.63, 3.8) is 0 Å². The fourth-order valence-corrected chi connectivity index (χ4v) is 4.19. The lowest BCUT2D eigenvalue weighted by Gasteiger charge is -2.10. The van der Waals surface area contributed by atoms with Gasteiger partial charge in [0.15, 0.2) is 0 Å². The molecule has 0 fully saturated rings. The SMILES string of the molecule is Cc1cc(I)ccc1NC(=O)c1ccc(NS(=O)(=O)c2ccccc2)cc1. The predicted molar refractivity (Wildman–Crippen MR) is 116 cm³/mol. The zero-order valence-corrected chi connectivity index (χ0v) is 17.4. The van der Waals surface area contributed by atoms with E-state index < -0.39 is 10.0 Å². The highest BCUT2D eigenvalue weighted by Gasteiger charge is 2.14. The summed E-state index contributed by atoms with van der Waals surface area (Å²) in [7, 11) is -3.66. The number of carbonyl (C=O) groups is 1. The number of aryl methyl sites for hydroxylation is 1. The molecule has 3 aromatic rings. The Bertz CT molecular complexity index is 1070. The summed E-state index contributed by atoms with van der Waals surface area (Å²) in [6.07, 6.45) is 0. The number of anilines is 2. The van der Waals surface area contributed by atoms with Crippen LogP contribution in [0.1, 0.15) is 15.9 Å². The number of hydrogen-bond donors (Lipinski definition) is 2. The Morgan fingerprint density at radius 1 is 0.926 bits per heavy atom. The van der Waals surface area contributed by atoms with Gasteiger partial charge in [-0.2, -0.15) is 0 Å². The average molecular weight is 492 g/mol. The van der Waals surface area contributed by atoms with E-state index in [1.54, 1.807) is 42.5 Å². The monoisotopic (exact) mass is 492 g/mol.